The van der Waals surface area contributed by atoms with Gasteiger partial charge in [-0.3, -0.25) is 0 Å². The van der Waals surface area contributed by atoms with Gasteiger partial charge in [0.2, 0.25) is 10.0 Å². The minimum absolute atomic E-state index is 0.0343. The molecule has 0 fully saturated rings. The number of sulfonamides is 1. The van der Waals surface area contributed by atoms with Crippen molar-refractivity contribution in [3.8, 4) is 0 Å². The van der Waals surface area contributed by atoms with Gasteiger partial charge in [-0.2, -0.15) is 0 Å². The standard InChI is InChI=1S/C12H20BrNO3S2/c1-8-5-10(18-11(8)13)19(16,17)14-7-9(15)6-12(2,3)4/h5,9,14-15H,6-7H2,1-4H3. The number of aryl methyl sites for hydroxylation is 1. The SMILES string of the molecule is Cc1cc(S(=O)(=O)NCC(O)CC(C)(C)C)sc1Br. The van der Waals surface area contributed by atoms with Crippen molar-refractivity contribution in [1.29, 1.82) is 0 Å². The first-order chi connectivity index (χ1) is 8.51. The zero-order valence-corrected chi connectivity index (χ0v) is 14.7. The number of aliphatic hydroxyl groups excluding tert-OH is 1. The van der Waals surface area contributed by atoms with Crippen molar-refractivity contribution in [2.75, 3.05) is 6.54 Å². The zero-order valence-electron chi connectivity index (χ0n) is 11.5. The molecule has 2 N–H and O–H groups in total. The van der Waals surface area contributed by atoms with Crippen molar-refractivity contribution in [2.24, 2.45) is 5.41 Å². The fraction of sp³-hybridized carbons (Fsp3) is 0.667. The van der Waals surface area contributed by atoms with Crippen LogP contribution in [0, 0.1) is 12.3 Å². The highest BCUT2D eigenvalue weighted by Crippen LogP contribution is 2.30. The van der Waals surface area contributed by atoms with Gasteiger partial charge in [0.25, 0.3) is 0 Å². The fourth-order valence-corrected chi connectivity index (χ4v) is 4.96. The summed E-state index contributed by atoms with van der Waals surface area (Å²) in [5.74, 6) is 0. The highest BCUT2D eigenvalue weighted by Gasteiger charge is 2.21. The summed E-state index contributed by atoms with van der Waals surface area (Å²) >= 11 is 4.48. The van der Waals surface area contributed by atoms with Crippen LogP contribution in [0.15, 0.2) is 14.1 Å². The molecule has 1 rings (SSSR count). The van der Waals surface area contributed by atoms with Crippen LogP contribution in [0.4, 0.5) is 0 Å². The van der Waals surface area contributed by atoms with Crippen LogP contribution >= 0.6 is 27.3 Å². The number of aliphatic hydroxyl groups is 1. The molecule has 0 spiro atoms. The molecule has 110 valence electrons. The van der Waals surface area contributed by atoms with E-state index < -0.39 is 16.1 Å². The Kier molecular flexibility index (Phi) is 5.60. The summed E-state index contributed by atoms with van der Waals surface area (Å²) in [6.07, 6.45) is -0.137. The third kappa shape index (κ3) is 5.51. The molecule has 0 saturated heterocycles. The van der Waals surface area contributed by atoms with Crippen LogP contribution in [-0.4, -0.2) is 26.2 Å². The molecule has 0 amide bonds. The third-order valence-corrected chi connectivity index (χ3v) is 6.49. The van der Waals surface area contributed by atoms with E-state index in [0.29, 0.717) is 6.42 Å². The number of hydrogen-bond donors (Lipinski definition) is 2. The minimum atomic E-state index is -3.53. The summed E-state index contributed by atoms with van der Waals surface area (Å²) < 4.78 is 27.6. The zero-order chi connectivity index (χ0) is 14.8. The van der Waals surface area contributed by atoms with Crippen molar-refractivity contribution in [3.63, 3.8) is 0 Å². The second-order valence-electron chi connectivity index (χ2n) is 5.79. The summed E-state index contributed by atoms with van der Waals surface area (Å²) in [4.78, 5) is 0. The van der Waals surface area contributed by atoms with E-state index in [0.717, 1.165) is 9.35 Å². The van der Waals surface area contributed by atoms with E-state index >= 15 is 0 Å². The van der Waals surface area contributed by atoms with Gasteiger partial charge >= 0.3 is 0 Å². The lowest BCUT2D eigenvalue weighted by Gasteiger charge is -2.22. The Morgan fingerprint density at radius 3 is 2.47 bits per heavy atom. The lowest BCUT2D eigenvalue weighted by Crippen LogP contribution is -2.33. The molecule has 1 atom stereocenters. The van der Waals surface area contributed by atoms with Crippen LogP contribution in [0.3, 0.4) is 0 Å². The molecule has 0 aliphatic carbocycles. The topological polar surface area (TPSA) is 66.4 Å². The lowest BCUT2D eigenvalue weighted by atomic mass is 9.89. The highest BCUT2D eigenvalue weighted by atomic mass is 79.9. The summed E-state index contributed by atoms with van der Waals surface area (Å²) in [6.45, 7) is 7.89. The van der Waals surface area contributed by atoms with Gasteiger partial charge in [-0.25, -0.2) is 13.1 Å². The van der Waals surface area contributed by atoms with Crippen LogP contribution < -0.4 is 4.72 Å². The smallest absolute Gasteiger partial charge is 0.250 e. The number of nitrogens with one attached hydrogen (secondary N) is 1. The normalized spacial score (nSPS) is 14.6. The number of rotatable bonds is 5. The maximum atomic E-state index is 12.0. The summed E-state index contributed by atoms with van der Waals surface area (Å²) in [5, 5.41) is 9.82. The number of hydrogen-bond acceptors (Lipinski definition) is 4. The van der Waals surface area contributed by atoms with E-state index in [1.807, 2.05) is 27.7 Å². The van der Waals surface area contributed by atoms with Gasteiger partial charge in [-0.05, 0) is 46.3 Å². The van der Waals surface area contributed by atoms with E-state index in [4.69, 9.17) is 0 Å². The first-order valence-electron chi connectivity index (χ1n) is 5.95. The van der Waals surface area contributed by atoms with E-state index in [1.165, 1.54) is 11.3 Å². The van der Waals surface area contributed by atoms with Crippen LogP contribution in [0.1, 0.15) is 32.8 Å². The number of thiophene rings is 1. The molecule has 7 heteroatoms. The molecule has 0 radical (unpaired) electrons. The van der Waals surface area contributed by atoms with Crippen molar-refractivity contribution < 1.29 is 13.5 Å². The molecule has 0 aliphatic rings. The Balaban J connectivity index is 2.66. The molecule has 0 saturated carbocycles. The summed E-state index contributed by atoms with van der Waals surface area (Å²) in [5.41, 5.74) is 0.855. The fourth-order valence-electron chi connectivity index (χ4n) is 1.62. The van der Waals surface area contributed by atoms with E-state index in [9.17, 15) is 13.5 Å². The maximum absolute atomic E-state index is 12.0. The van der Waals surface area contributed by atoms with Gasteiger partial charge in [0.1, 0.15) is 4.21 Å². The van der Waals surface area contributed by atoms with E-state index in [-0.39, 0.29) is 16.2 Å². The molecule has 1 unspecified atom stereocenters. The monoisotopic (exact) mass is 369 g/mol. The van der Waals surface area contributed by atoms with Crippen LogP contribution in [-0.2, 0) is 10.0 Å². The van der Waals surface area contributed by atoms with Gasteiger partial charge < -0.3 is 5.11 Å². The molecule has 0 bridgehead atoms. The molecular weight excluding hydrogens is 350 g/mol. The lowest BCUT2D eigenvalue weighted by molar-refractivity contribution is 0.125. The van der Waals surface area contributed by atoms with Gasteiger partial charge in [0.15, 0.2) is 0 Å². The minimum Gasteiger partial charge on any atom is -0.392 e. The Morgan fingerprint density at radius 1 is 1.47 bits per heavy atom. The number of halogens is 1. The third-order valence-electron chi connectivity index (χ3n) is 2.46. The van der Waals surface area contributed by atoms with E-state index in [2.05, 4.69) is 20.7 Å². The van der Waals surface area contributed by atoms with Crippen molar-refractivity contribution >= 4 is 37.3 Å². The summed E-state index contributed by atoms with van der Waals surface area (Å²) in [7, 11) is -3.53. The molecule has 0 aromatic carbocycles. The molecule has 0 aliphatic heterocycles. The Morgan fingerprint density at radius 2 is 2.05 bits per heavy atom. The van der Waals surface area contributed by atoms with Gasteiger partial charge in [-0.1, -0.05) is 20.8 Å². The quantitative estimate of drug-likeness (QED) is 0.838. The Hall–Kier alpha value is 0.0500. The average Bonchev–Trinajstić information content (AvgIpc) is 2.55. The van der Waals surface area contributed by atoms with Crippen molar-refractivity contribution in [3.05, 3.63) is 15.4 Å². The van der Waals surface area contributed by atoms with Crippen LogP contribution in [0.25, 0.3) is 0 Å². The first kappa shape index (κ1) is 17.1. The van der Waals surface area contributed by atoms with Crippen LogP contribution in [0.5, 0.6) is 0 Å². The first-order valence-corrected chi connectivity index (χ1v) is 9.04. The molecule has 1 heterocycles. The molecule has 1 aromatic rings. The van der Waals surface area contributed by atoms with Crippen molar-refractivity contribution in [1.82, 2.24) is 4.72 Å². The van der Waals surface area contributed by atoms with Crippen molar-refractivity contribution in [2.45, 2.75) is 44.4 Å². The average molecular weight is 370 g/mol. The van der Waals surface area contributed by atoms with Crippen LogP contribution in [0.2, 0.25) is 0 Å². The van der Waals surface area contributed by atoms with Gasteiger partial charge in [0, 0.05) is 6.54 Å². The predicted molar refractivity (Wildman–Crippen MR) is 82.0 cm³/mol. The Labute approximate surface area is 127 Å². The van der Waals surface area contributed by atoms with E-state index in [1.54, 1.807) is 6.07 Å². The molecular formula is C12H20BrNO3S2. The highest BCUT2D eigenvalue weighted by molar-refractivity contribution is 9.11. The van der Waals surface area contributed by atoms with Gasteiger partial charge in [-0.15, -0.1) is 11.3 Å². The molecule has 4 nitrogen and oxygen atoms in total. The van der Waals surface area contributed by atoms with Gasteiger partial charge in [0.05, 0.1) is 9.89 Å². The maximum Gasteiger partial charge on any atom is 0.250 e. The summed E-state index contributed by atoms with van der Waals surface area (Å²) in [6, 6.07) is 1.62. The largest absolute Gasteiger partial charge is 0.392 e. The predicted octanol–water partition coefficient (Wildman–Crippen LogP) is 2.89. The second-order valence-corrected chi connectivity index (χ2v) is 10.2. The Bertz CT molecular complexity index is 512. The molecule has 1 aromatic heterocycles. The second kappa shape index (κ2) is 6.22. The molecule has 19 heavy (non-hydrogen) atoms.